The van der Waals surface area contributed by atoms with Crippen LogP contribution in [0.2, 0.25) is 0 Å². The molecule has 0 spiro atoms. The summed E-state index contributed by atoms with van der Waals surface area (Å²) in [6.45, 7) is 4.78. The van der Waals surface area contributed by atoms with Gasteiger partial charge in [0.2, 0.25) is 0 Å². The molecule has 0 saturated carbocycles. The number of rotatable bonds is 11. The third kappa shape index (κ3) is 7.46. The zero-order valence-electron chi connectivity index (χ0n) is 16.4. The van der Waals surface area contributed by atoms with Crippen molar-refractivity contribution in [1.82, 2.24) is 0 Å². The van der Waals surface area contributed by atoms with Crippen LogP contribution >= 0.6 is 0 Å². The van der Waals surface area contributed by atoms with Gasteiger partial charge in [-0.05, 0) is 37.1 Å². The van der Waals surface area contributed by atoms with Crippen molar-refractivity contribution in [1.29, 1.82) is 0 Å². The van der Waals surface area contributed by atoms with Crippen LogP contribution in [0.3, 0.4) is 0 Å². The number of carbonyl (C=O) groups is 1. The Hall–Kier alpha value is -1.66. The monoisotopic (exact) mass is 382 g/mol. The van der Waals surface area contributed by atoms with Gasteiger partial charge in [-0.1, -0.05) is 39.5 Å². The lowest BCUT2D eigenvalue weighted by Gasteiger charge is -2.33. The average Bonchev–Trinajstić information content (AvgIpc) is 2.67. The summed E-state index contributed by atoms with van der Waals surface area (Å²) < 4.78 is 35.6. The predicted molar refractivity (Wildman–Crippen MR) is 100 cm³/mol. The molecule has 27 heavy (non-hydrogen) atoms. The van der Waals surface area contributed by atoms with Gasteiger partial charge in [0.1, 0.15) is 17.4 Å². The molecule has 152 valence electrons. The number of alkyl halides is 1. The molecule has 6 heteroatoms. The number of carbonyl (C=O) groups excluding carboxylic acids is 1. The van der Waals surface area contributed by atoms with Crippen LogP contribution in [0.15, 0.2) is 24.3 Å². The van der Waals surface area contributed by atoms with Crippen LogP contribution in [0.4, 0.5) is 4.39 Å². The molecule has 0 aliphatic carbocycles. The Bertz CT molecular complexity index is 552. The van der Waals surface area contributed by atoms with E-state index >= 15 is 0 Å². The Morgan fingerprint density at radius 2 is 1.63 bits per heavy atom. The minimum Gasteiger partial charge on any atom is -0.494 e. The van der Waals surface area contributed by atoms with Gasteiger partial charge in [-0.2, -0.15) is 4.39 Å². The number of esters is 1. The van der Waals surface area contributed by atoms with Crippen LogP contribution < -0.4 is 9.47 Å². The van der Waals surface area contributed by atoms with Crippen LogP contribution in [0.25, 0.3) is 0 Å². The van der Waals surface area contributed by atoms with Gasteiger partial charge >= 0.3 is 12.0 Å². The fraction of sp³-hybridized carbons (Fsp3) is 0.667. The van der Waals surface area contributed by atoms with Crippen molar-refractivity contribution in [2.24, 2.45) is 5.92 Å². The zero-order chi connectivity index (χ0) is 19.5. The molecule has 1 saturated heterocycles. The summed E-state index contributed by atoms with van der Waals surface area (Å²) in [6, 6.07) is 4.82. The van der Waals surface area contributed by atoms with E-state index in [1.54, 1.807) is 24.3 Å². The van der Waals surface area contributed by atoms with E-state index in [1.165, 1.54) is 0 Å². The number of ether oxygens (including phenoxy) is 4. The van der Waals surface area contributed by atoms with E-state index in [-0.39, 0.29) is 19.6 Å². The fourth-order valence-corrected chi connectivity index (χ4v) is 2.75. The highest BCUT2D eigenvalue weighted by molar-refractivity contribution is 5.75. The maximum absolute atomic E-state index is 14.3. The molecule has 0 bridgehead atoms. The predicted octanol–water partition coefficient (Wildman–Crippen LogP) is 5.03. The van der Waals surface area contributed by atoms with Crippen molar-refractivity contribution in [3.05, 3.63) is 24.3 Å². The number of unbranched alkanes of at least 4 members (excludes halogenated alkanes) is 4. The van der Waals surface area contributed by atoms with Crippen LogP contribution in [-0.2, 0) is 14.3 Å². The minimum atomic E-state index is -2.08. The third-order valence-electron chi connectivity index (χ3n) is 4.47. The highest BCUT2D eigenvalue weighted by Gasteiger charge is 2.40. The molecule has 1 heterocycles. The first-order valence-corrected chi connectivity index (χ1v) is 9.97. The zero-order valence-corrected chi connectivity index (χ0v) is 16.4. The normalized spacial score (nSPS) is 22.4. The van der Waals surface area contributed by atoms with Crippen molar-refractivity contribution < 1.29 is 28.1 Å². The second-order valence-electron chi connectivity index (χ2n) is 6.88. The van der Waals surface area contributed by atoms with Gasteiger partial charge in [0.15, 0.2) is 0 Å². The molecule has 1 aliphatic heterocycles. The Morgan fingerprint density at radius 1 is 1.04 bits per heavy atom. The first-order valence-electron chi connectivity index (χ1n) is 9.97. The van der Waals surface area contributed by atoms with Crippen LogP contribution in [-0.4, -0.2) is 31.8 Å². The molecule has 0 atom stereocenters. The summed E-state index contributed by atoms with van der Waals surface area (Å²) in [5.41, 5.74) is 0. The Labute approximate surface area is 161 Å². The number of hydrogen-bond acceptors (Lipinski definition) is 5. The minimum absolute atomic E-state index is 0.0416. The van der Waals surface area contributed by atoms with Gasteiger partial charge in [0, 0.05) is 6.42 Å². The van der Waals surface area contributed by atoms with Gasteiger partial charge in [-0.15, -0.1) is 0 Å². The number of halogens is 1. The van der Waals surface area contributed by atoms with Gasteiger partial charge in [0.05, 0.1) is 19.8 Å². The molecule has 0 radical (unpaired) electrons. The van der Waals surface area contributed by atoms with Crippen molar-refractivity contribution in [2.45, 2.75) is 64.8 Å². The van der Waals surface area contributed by atoms with E-state index < -0.39 is 17.9 Å². The number of hydrogen-bond donors (Lipinski definition) is 0. The SMILES string of the molecule is CCCCCOc1ccc(OC(=O)C2COC(F)(CCCCC)OC2)cc1. The lowest BCUT2D eigenvalue weighted by Crippen LogP contribution is -2.44. The Kier molecular flexibility index (Phi) is 9.01. The van der Waals surface area contributed by atoms with Gasteiger partial charge < -0.3 is 18.9 Å². The molecule has 0 unspecified atom stereocenters. The van der Waals surface area contributed by atoms with E-state index in [9.17, 15) is 9.18 Å². The standard InChI is InChI=1S/C21H31FO5/c1-3-5-7-13-21(22)25-15-17(16-26-21)20(23)27-19-11-9-18(10-12-19)24-14-8-6-4-2/h9-12,17H,3-8,13-16H2,1-2H3. The summed E-state index contributed by atoms with van der Waals surface area (Å²) in [6.07, 6.45) is 6.09. The molecular formula is C21H31FO5. The van der Waals surface area contributed by atoms with Crippen molar-refractivity contribution in [3.8, 4) is 11.5 Å². The molecule has 1 aliphatic rings. The molecule has 0 N–H and O–H groups in total. The number of benzene rings is 1. The molecule has 0 aromatic heterocycles. The van der Waals surface area contributed by atoms with Crippen LogP contribution in [0.5, 0.6) is 11.5 Å². The summed E-state index contributed by atoms with van der Waals surface area (Å²) in [7, 11) is 0. The van der Waals surface area contributed by atoms with Crippen molar-refractivity contribution in [2.75, 3.05) is 19.8 Å². The first kappa shape index (κ1) is 21.6. The molecule has 5 nitrogen and oxygen atoms in total. The third-order valence-corrected chi connectivity index (χ3v) is 4.47. The molecule has 1 aromatic rings. The Balaban J connectivity index is 1.74. The molecule has 0 amide bonds. The van der Waals surface area contributed by atoms with Crippen molar-refractivity contribution >= 4 is 5.97 Å². The maximum atomic E-state index is 14.3. The lowest BCUT2D eigenvalue weighted by atomic mass is 10.1. The molecule has 2 rings (SSSR count). The van der Waals surface area contributed by atoms with Crippen LogP contribution in [0.1, 0.15) is 58.8 Å². The van der Waals surface area contributed by atoms with E-state index in [0.717, 1.165) is 37.9 Å². The summed E-state index contributed by atoms with van der Waals surface area (Å²) in [5, 5.41) is 0. The quantitative estimate of drug-likeness (QED) is 0.305. The second kappa shape index (κ2) is 11.2. The summed E-state index contributed by atoms with van der Waals surface area (Å²) >= 11 is 0. The largest absolute Gasteiger partial charge is 0.494 e. The molecular weight excluding hydrogens is 351 g/mol. The highest BCUT2D eigenvalue weighted by Crippen LogP contribution is 2.29. The van der Waals surface area contributed by atoms with E-state index in [4.69, 9.17) is 18.9 Å². The van der Waals surface area contributed by atoms with E-state index in [0.29, 0.717) is 18.8 Å². The van der Waals surface area contributed by atoms with Crippen LogP contribution in [0, 0.1) is 5.92 Å². The summed E-state index contributed by atoms with van der Waals surface area (Å²) in [4.78, 5) is 12.2. The smallest absolute Gasteiger partial charge is 0.320 e. The molecule has 1 fully saturated rings. The Morgan fingerprint density at radius 3 is 2.26 bits per heavy atom. The maximum Gasteiger partial charge on any atom is 0.320 e. The average molecular weight is 382 g/mol. The van der Waals surface area contributed by atoms with Gasteiger partial charge in [0.25, 0.3) is 0 Å². The van der Waals surface area contributed by atoms with E-state index in [1.807, 2.05) is 6.92 Å². The van der Waals surface area contributed by atoms with E-state index in [2.05, 4.69) is 6.92 Å². The van der Waals surface area contributed by atoms with Gasteiger partial charge in [-0.25, -0.2) is 0 Å². The topological polar surface area (TPSA) is 54.0 Å². The molecule has 1 aromatic carbocycles. The van der Waals surface area contributed by atoms with Crippen molar-refractivity contribution in [3.63, 3.8) is 0 Å². The van der Waals surface area contributed by atoms with Gasteiger partial charge in [-0.3, -0.25) is 4.79 Å². The first-order chi connectivity index (χ1) is 13.1. The lowest BCUT2D eigenvalue weighted by molar-refractivity contribution is -0.352. The summed E-state index contributed by atoms with van der Waals surface area (Å²) in [5.74, 6) is 0.0395. The second-order valence-corrected chi connectivity index (χ2v) is 6.88. The highest BCUT2D eigenvalue weighted by atomic mass is 19.2. The fourth-order valence-electron chi connectivity index (χ4n) is 2.75.